The van der Waals surface area contributed by atoms with Crippen LogP contribution >= 0.6 is 0 Å². The minimum atomic E-state index is -0.689. The predicted molar refractivity (Wildman–Crippen MR) is 128 cm³/mol. The molecule has 0 spiro atoms. The molecule has 10 heteroatoms. The Balaban J connectivity index is 1.78. The first kappa shape index (κ1) is 21.1. The summed E-state index contributed by atoms with van der Waals surface area (Å²) in [5.74, 6) is 13.3. The number of nitrogens with two attached hydrogens (primary N) is 2. The highest BCUT2D eigenvalue weighted by Gasteiger charge is 2.31. The van der Waals surface area contributed by atoms with Gasteiger partial charge in [-0.3, -0.25) is 10.0 Å². The number of para-hydroxylation sites is 2. The average molecular weight is 430 g/mol. The van der Waals surface area contributed by atoms with E-state index in [9.17, 15) is 9.81 Å². The highest BCUT2D eigenvalue weighted by molar-refractivity contribution is 6.07. The molecule has 1 unspecified atom stereocenters. The van der Waals surface area contributed by atoms with Crippen LogP contribution in [0.15, 0.2) is 76.0 Å². The third-order valence-corrected chi connectivity index (χ3v) is 5.36. The van der Waals surface area contributed by atoms with Gasteiger partial charge in [-0.2, -0.15) is 0 Å². The number of amidine groups is 1. The first-order chi connectivity index (χ1) is 15.4. The second-order valence-corrected chi connectivity index (χ2v) is 7.44. The van der Waals surface area contributed by atoms with Crippen molar-refractivity contribution in [3.8, 4) is 0 Å². The van der Waals surface area contributed by atoms with E-state index in [1.807, 2.05) is 24.3 Å². The van der Waals surface area contributed by atoms with Gasteiger partial charge >= 0.3 is 0 Å². The van der Waals surface area contributed by atoms with Crippen molar-refractivity contribution in [2.75, 3.05) is 15.3 Å². The molecule has 0 aromatic heterocycles. The lowest BCUT2D eigenvalue weighted by molar-refractivity contribution is 0.789. The summed E-state index contributed by atoms with van der Waals surface area (Å²) in [6.45, 7) is 3.58. The smallest absolute Gasteiger partial charge is 0.174 e. The maximum Gasteiger partial charge on any atom is 0.174 e. The van der Waals surface area contributed by atoms with Gasteiger partial charge in [0.15, 0.2) is 12.0 Å². The van der Waals surface area contributed by atoms with Crippen LogP contribution in [0, 0.1) is 23.7 Å². The summed E-state index contributed by atoms with van der Waals surface area (Å²) >= 11 is 0. The molecule has 0 saturated heterocycles. The van der Waals surface area contributed by atoms with Crippen LogP contribution in [-0.4, -0.2) is 12.0 Å². The van der Waals surface area contributed by atoms with Crippen molar-refractivity contribution in [1.29, 1.82) is 0 Å². The largest absolute Gasteiger partial charge is 0.356 e. The summed E-state index contributed by atoms with van der Waals surface area (Å²) in [4.78, 5) is 27.1. The molecule has 0 amide bonds. The first-order valence-corrected chi connectivity index (χ1v) is 9.84. The summed E-state index contributed by atoms with van der Waals surface area (Å²) in [7, 11) is 0. The van der Waals surface area contributed by atoms with Gasteiger partial charge in [-0.25, -0.2) is 16.7 Å². The SMILES string of the molecule is Cc1ccc(N(N)C2=Nc3ccccc3NC2N(N)c2ccc(C)c(N=O)c2)cc1N=O. The molecule has 5 N–H and O–H groups in total. The van der Waals surface area contributed by atoms with Gasteiger partial charge in [-0.1, -0.05) is 24.3 Å². The zero-order valence-electron chi connectivity index (χ0n) is 17.6. The molecule has 10 nitrogen and oxygen atoms in total. The van der Waals surface area contributed by atoms with Crippen LogP contribution in [0.2, 0.25) is 0 Å². The van der Waals surface area contributed by atoms with E-state index in [0.717, 1.165) is 16.8 Å². The van der Waals surface area contributed by atoms with Crippen LogP contribution in [0.1, 0.15) is 11.1 Å². The van der Waals surface area contributed by atoms with Gasteiger partial charge in [0.2, 0.25) is 0 Å². The van der Waals surface area contributed by atoms with Gasteiger partial charge in [0, 0.05) is 0 Å². The maximum absolute atomic E-state index is 11.2. The molecule has 4 rings (SSSR count). The summed E-state index contributed by atoms with van der Waals surface area (Å²) in [5, 5.41) is 12.3. The monoisotopic (exact) mass is 430 g/mol. The fourth-order valence-electron chi connectivity index (χ4n) is 3.45. The number of anilines is 3. The number of rotatable bonds is 5. The molecule has 162 valence electrons. The Morgan fingerprint density at radius 3 is 2.12 bits per heavy atom. The Morgan fingerprint density at radius 1 is 0.875 bits per heavy atom. The van der Waals surface area contributed by atoms with Crippen LogP contribution in [0.4, 0.5) is 34.1 Å². The lowest BCUT2D eigenvalue weighted by Gasteiger charge is -2.37. The number of hydrogen-bond acceptors (Lipinski definition) is 10. The molecular formula is C22H22N8O2. The third kappa shape index (κ3) is 3.80. The molecular weight excluding hydrogens is 408 g/mol. The van der Waals surface area contributed by atoms with Crippen LogP contribution in [-0.2, 0) is 0 Å². The molecule has 3 aromatic rings. The Morgan fingerprint density at radius 2 is 1.47 bits per heavy atom. The molecule has 32 heavy (non-hydrogen) atoms. The van der Waals surface area contributed by atoms with E-state index >= 15 is 0 Å². The van der Waals surface area contributed by atoms with Crippen molar-refractivity contribution < 1.29 is 0 Å². The fourth-order valence-corrected chi connectivity index (χ4v) is 3.45. The Kier molecular flexibility index (Phi) is 5.63. The summed E-state index contributed by atoms with van der Waals surface area (Å²) < 4.78 is 0. The van der Waals surface area contributed by atoms with Crippen LogP contribution in [0.25, 0.3) is 0 Å². The molecule has 0 radical (unpaired) electrons. The molecule has 3 aromatic carbocycles. The van der Waals surface area contributed by atoms with E-state index in [1.165, 1.54) is 10.0 Å². The standard InChI is InChI=1S/C22H22N8O2/c1-13-7-9-15(11-19(13)27-31)29(23)21-22(26-18-6-4-3-5-17(18)25-21)30(24)16-10-8-14(2)20(12-16)28-32/h3-12,21,25H,23-24H2,1-2H3. The van der Waals surface area contributed by atoms with Crippen molar-refractivity contribution in [3.05, 3.63) is 81.6 Å². The van der Waals surface area contributed by atoms with Gasteiger partial charge in [0.05, 0.1) is 22.7 Å². The third-order valence-electron chi connectivity index (χ3n) is 5.36. The normalized spacial score (nSPS) is 14.6. The van der Waals surface area contributed by atoms with E-state index in [2.05, 4.69) is 15.7 Å². The van der Waals surface area contributed by atoms with Crippen molar-refractivity contribution in [2.45, 2.75) is 20.0 Å². The van der Waals surface area contributed by atoms with Gasteiger partial charge in [-0.05, 0) is 71.7 Å². The molecule has 1 atom stereocenters. The van der Waals surface area contributed by atoms with E-state index in [1.54, 1.807) is 50.2 Å². The second-order valence-electron chi connectivity index (χ2n) is 7.44. The Labute approximate surface area is 184 Å². The van der Waals surface area contributed by atoms with E-state index in [4.69, 9.17) is 16.7 Å². The highest BCUT2D eigenvalue weighted by Crippen LogP contribution is 2.34. The second kappa shape index (κ2) is 8.53. The Hall–Kier alpha value is -4.15. The number of nitrogens with one attached hydrogen (secondary N) is 1. The summed E-state index contributed by atoms with van der Waals surface area (Å²) in [6.07, 6.45) is -0.689. The predicted octanol–water partition coefficient (Wildman–Crippen LogP) is 4.64. The van der Waals surface area contributed by atoms with Gasteiger partial charge in [0.25, 0.3) is 0 Å². The molecule has 0 aliphatic carbocycles. The minimum absolute atomic E-state index is 0.282. The van der Waals surface area contributed by atoms with E-state index in [-0.39, 0.29) is 11.4 Å². The molecule has 0 saturated carbocycles. The summed E-state index contributed by atoms with van der Waals surface area (Å²) in [5.41, 5.74) is 4.55. The number of hydrogen-bond donors (Lipinski definition) is 3. The van der Waals surface area contributed by atoms with E-state index in [0.29, 0.717) is 22.9 Å². The van der Waals surface area contributed by atoms with E-state index < -0.39 is 6.17 Å². The highest BCUT2D eigenvalue weighted by atomic mass is 16.3. The zero-order chi connectivity index (χ0) is 22.8. The lowest BCUT2D eigenvalue weighted by Crippen LogP contribution is -2.59. The zero-order valence-corrected chi connectivity index (χ0v) is 17.6. The van der Waals surface area contributed by atoms with Gasteiger partial charge in [0.1, 0.15) is 11.4 Å². The molecule has 0 fully saturated rings. The molecule has 1 aliphatic heterocycles. The number of hydrazine groups is 2. The lowest BCUT2D eigenvalue weighted by atomic mass is 10.1. The van der Waals surface area contributed by atoms with Crippen molar-refractivity contribution >= 4 is 40.0 Å². The van der Waals surface area contributed by atoms with Crippen LogP contribution < -0.4 is 27.0 Å². The van der Waals surface area contributed by atoms with Crippen molar-refractivity contribution in [1.82, 2.24) is 0 Å². The fraction of sp³-hybridized carbons (Fsp3) is 0.136. The summed E-state index contributed by atoms with van der Waals surface area (Å²) in [6, 6.07) is 17.7. The van der Waals surface area contributed by atoms with Crippen LogP contribution in [0.5, 0.6) is 0 Å². The minimum Gasteiger partial charge on any atom is -0.356 e. The van der Waals surface area contributed by atoms with Crippen molar-refractivity contribution in [3.63, 3.8) is 0 Å². The first-order valence-electron chi connectivity index (χ1n) is 9.84. The molecule has 1 heterocycles. The Bertz CT molecular complexity index is 1230. The topological polar surface area (TPSA) is 142 Å². The maximum atomic E-state index is 11.2. The number of aryl methyl sites for hydroxylation is 2. The average Bonchev–Trinajstić information content (AvgIpc) is 2.83. The molecule has 1 aliphatic rings. The molecule has 0 bridgehead atoms. The number of aliphatic imine (C=N–C) groups is 1. The van der Waals surface area contributed by atoms with Crippen LogP contribution in [0.3, 0.4) is 0 Å². The van der Waals surface area contributed by atoms with Gasteiger partial charge in [-0.15, -0.1) is 9.81 Å². The van der Waals surface area contributed by atoms with Crippen molar-refractivity contribution in [2.24, 2.45) is 27.0 Å². The number of nitroso groups, excluding NO2 is 2. The quantitative estimate of drug-likeness (QED) is 0.304. The number of nitrogens with zero attached hydrogens (tertiary/aromatic N) is 5. The van der Waals surface area contributed by atoms with Gasteiger partial charge < -0.3 is 5.32 Å². The number of fused-ring (bicyclic) bond motifs is 1. The number of benzene rings is 3.